The smallest absolute Gasteiger partial charge is 0.130 e. The van der Waals surface area contributed by atoms with Gasteiger partial charge in [-0.05, 0) is 64.9 Å². The summed E-state index contributed by atoms with van der Waals surface area (Å²) in [5.74, 6) is 1.87. The molecule has 30 heavy (non-hydrogen) atoms. The van der Waals surface area contributed by atoms with Crippen LogP contribution < -0.4 is 9.47 Å². The van der Waals surface area contributed by atoms with Crippen LogP contribution in [-0.4, -0.2) is 16.8 Å². The van der Waals surface area contributed by atoms with Gasteiger partial charge in [0.1, 0.15) is 22.8 Å². The number of nitriles is 1. The van der Waals surface area contributed by atoms with Crippen molar-refractivity contribution < 1.29 is 14.6 Å². The number of hydrogen-bond acceptors (Lipinski definition) is 4. The summed E-state index contributed by atoms with van der Waals surface area (Å²) in [6, 6.07) is 16.3. The summed E-state index contributed by atoms with van der Waals surface area (Å²) in [6.07, 6.45) is 6.17. The molecule has 0 radical (unpaired) electrons. The molecule has 4 nitrogen and oxygen atoms in total. The number of phenolic OH excluding ortho intramolecular Hbond substituents is 1. The Morgan fingerprint density at radius 1 is 1.23 bits per heavy atom. The topological polar surface area (TPSA) is 62.5 Å². The molecule has 0 fully saturated rings. The van der Waals surface area contributed by atoms with Gasteiger partial charge in [-0.3, -0.25) is 0 Å². The lowest BCUT2D eigenvalue weighted by Crippen LogP contribution is -2.42. The van der Waals surface area contributed by atoms with Crippen LogP contribution in [0.2, 0.25) is 0 Å². The Balaban J connectivity index is 1.60. The maximum Gasteiger partial charge on any atom is 0.130 e. The Bertz CT molecular complexity index is 870. The van der Waals surface area contributed by atoms with Gasteiger partial charge in [0.2, 0.25) is 0 Å². The number of nitrogens with zero attached hydrogens (tertiary/aromatic N) is 1. The lowest BCUT2D eigenvalue weighted by molar-refractivity contribution is 0.0208. The van der Waals surface area contributed by atoms with Crippen LogP contribution in [0.4, 0.5) is 0 Å². The SMILES string of the molecule is CC(CCCc1ccccc1)Oc1cc(O)c2c(c1)OC(C)(C)C(CCCC#N)C2. The molecule has 2 aromatic carbocycles. The quantitative estimate of drug-likeness (QED) is 0.502. The predicted octanol–water partition coefficient (Wildman–Crippen LogP) is 6.21. The fraction of sp³-hybridized carbons (Fsp3) is 0.500. The van der Waals surface area contributed by atoms with Crippen molar-refractivity contribution in [1.82, 2.24) is 0 Å². The zero-order valence-electron chi connectivity index (χ0n) is 18.4. The molecule has 2 unspecified atom stereocenters. The normalized spacial score (nSPS) is 18.0. The van der Waals surface area contributed by atoms with E-state index in [0.29, 0.717) is 17.9 Å². The van der Waals surface area contributed by atoms with Gasteiger partial charge in [0, 0.05) is 30.0 Å². The van der Waals surface area contributed by atoms with Crippen molar-refractivity contribution in [2.75, 3.05) is 0 Å². The molecule has 3 rings (SSSR count). The van der Waals surface area contributed by atoms with Crippen LogP contribution in [0, 0.1) is 17.2 Å². The molecule has 0 saturated heterocycles. The minimum absolute atomic E-state index is 0.0569. The maximum atomic E-state index is 10.6. The minimum Gasteiger partial charge on any atom is -0.507 e. The Kier molecular flexibility index (Phi) is 7.26. The van der Waals surface area contributed by atoms with Gasteiger partial charge in [0.25, 0.3) is 0 Å². The number of aromatic hydroxyl groups is 1. The number of phenols is 1. The second kappa shape index (κ2) is 9.89. The van der Waals surface area contributed by atoms with E-state index in [9.17, 15) is 5.11 Å². The standard InChI is InChI=1S/C26H33NO3/c1-19(10-9-13-20-11-5-4-6-12-20)29-22-17-24(28)23-16-21(14-7-8-15-27)26(2,3)30-25(23)18-22/h4-6,11-12,17-19,21,28H,7-10,13-14,16H2,1-3H3. The van der Waals surface area contributed by atoms with Crippen LogP contribution in [0.5, 0.6) is 17.2 Å². The Morgan fingerprint density at radius 3 is 2.73 bits per heavy atom. The van der Waals surface area contributed by atoms with E-state index in [1.165, 1.54) is 5.56 Å². The molecule has 0 amide bonds. The van der Waals surface area contributed by atoms with Gasteiger partial charge in [-0.25, -0.2) is 0 Å². The molecular weight excluding hydrogens is 374 g/mol. The van der Waals surface area contributed by atoms with Crippen LogP contribution in [0.1, 0.15) is 64.0 Å². The zero-order valence-corrected chi connectivity index (χ0v) is 18.4. The van der Waals surface area contributed by atoms with Crippen molar-refractivity contribution in [2.45, 2.75) is 77.4 Å². The molecule has 0 bridgehead atoms. The molecule has 0 aromatic heterocycles. The van der Waals surface area contributed by atoms with Crippen LogP contribution in [0.15, 0.2) is 42.5 Å². The molecular formula is C26H33NO3. The number of rotatable bonds is 9. The van der Waals surface area contributed by atoms with Crippen molar-refractivity contribution >= 4 is 0 Å². The van der Waals surface area contributed by atoms with E-state index in [4.69, 9.17) is 14.7 Å². The number of fused-ring (bicyclic) bond motifs is 1. The van der Waals surface area contributed by atoms with E-state index in [1.807, 2.05) is 12.1 Å². The first-order valence-corrected chi connectivity index (χ1v) is 11.0. The highest BCUT2D eigenvalue weighted by Crippen LogP contribution is 2.45. The van der Waals surface area contributed by atoms with Crippen molar-refractivity contribution in [3.05, 3.63) is 53.6 Å². The minimum atomic E-state index is -0.338. The summed E-state index contributed by atoms with van der Waals surface area (Å²) in [7, 11) is 0. The monoisotopic (exact) mass is 407 g/mol. The molecule has 1 aliphatic heterocycles. The van der Waals surface area contributed by atoms with Gasteiger partial charge >= 0.3 is 0 Å². The fourth-order valence-corrected chi connectivity index (χ4v) is 4.24. The van der Waals surface area contributed by atoms with Crippen molar-refractivity contribution in [2.24, 2.45) is 5.92 Å². The van der Waals surface area contributed by atoms with Gasteiger partial charge in [-0.1, -0.05) is 30.3 Å². The predicted molar refractivity (Wildman–Crippen MR) is 119 cm³/mol. The highest BCUT2D eigenvalue weighted by Gasteiger charge is 2.37. The Morgan fingerprint density at radius 2 is 2.00 bits per heavy atom. The Labute approximate surface area is 180 Å². The molecule has 1 aliphatic rings. The van der Waals surface area contributed by atoms with Crippen LogP contribution in [0.3, 0.4) is 0 Å². The van der Waals surface area contributed by atoms with E-state index < -0.39 is 0 Å². The molecule has 1 heterocycles. The van der Waals surface area contributed by atoms with Crippen molar-refractivity contribution in [3.63, 3.8) is 0 Å². The van der Waals surface area contributed by atoms with Gasteiger partial charge in [-0.15, -0.1) is 0 Å². The van der Waals surface area contributed by atoms with Crippen LogP contribution >= 0.6 is 0 Å². The van der Waals surface area contributed by atoms with Crippen LogP contribution in [0.25, 0.3) is 0 Å². The zero-order chi connectivity index (χ0) is 21.6. The lowest BCUT2D eigenvalue weighted by Gasteiger charge is -2.40. The highest BCUT2D eigenvalue weighted by atomic mass is 16.5. The molecule has 0 spiro atoms. The van der Waals surface area contributed by atoms with E-state index in [1.54, 1.807) is 6.07 Å². The van der Waals surface area contributed by atoms with Gasteiger partial charge in [0.15, 0.2) is 0 Å². The first kappa shape index (κ1) is 22.0. The molecule has 1 N–H and O–H groups in total. The molecule has 2 aromatic rings. The van der Waals surface area contributed by atoms with Crippen LogP contribution in [-0.2, 0) is 12.8 Å². The van der Waals surface area contributed by atoms with E-state index in [2.05, 4.69) is 51.1 Å². The van der Waals surface area contributed by atoms with Crippen molar-refractivity contribution in [3.8, 4) is 23.3 Å². The number of hydrogen-bond donors (Lipinski definition) is 1. The largest absolute Gasteiger partial charge is 0.507 e. The first-order valence-electron chi connectivity index (χ1n) is 11.0. The summed E-state index contributed by atoms with van der Waals surface area (Å²) >= 11 is 0. The van der Waals surface area contributed by atoms with E-state index >= 15 is 0 Å². The number of aryl methyl sites for hydroxylation is 1. The second-order valence-electron chi connectivity index (χ2n) is 8.88. The van der Waals surface area contributed by atoms with Gasteiger partial charge in [-0.2, -0.15) is 5.26 Å². The average Bonchev–Trinajstić information content (AvgIpc) is 2.69. The summed E-state index contributed by atoms with van der Waals surface area (Å²) in [6.45, 7) is 6.24. The average molecular weight is 408 g/mol. The lowest BCUT2D eigenvalue weighted by atomic mass is 9.79. The van der Waals surface area contributed by atoms with E-state index in [-0.39, 0.29) is 23.4 Å². The third kappa shape index (κ3) is 5.69. The molecule has 160 valence electrons. The third-order valence-corrected chi connectivity index (χ3v) is 6.06. The molecule has 2 atom stereocenters. The third-order valence-electron chi connectivity index (χ3n) is 6.06. The number of unbranched alkanes of at least 4 members (excludes halogenated alkanes) is 1. The summed E-state index contributed by atoms with van der Waals surface area (Å²) in [4.78, 5) is 0. The highest BCUT2D eigenvalue weighted by molar-refractivity contribution is 5.51. The first-order chi connectivity index (χ1) is 14.4. The number of benzene rings is 2. The molecule has 4 heteroatoms. The van der Waals surface area contributed by atoms with E-state index in [0.717, 1.165) is 44.1 Å². The fourth-order valence-electron chi connectivity index (χ4n) is 4.24. The second-order valence-corrected chi connectivity index (χ2v) is 8.88. The van der Waals surface area contributed by atoms with Gasteiger partial charge < -0.3 is 14.6 Å². The molecule has 0 aliphatic carbocycles. The summed E-state index contributed by atoms with van der Waals surface area (Å²) in [5.41, 5.74) is 1.85. The summed E-state index contributed by atoms with van der Waals surface area (Å²) in [5, 5.41) is 19.4. The van der Waals surface area contributed by atoms with Crippen molar-refractivity contribution in [1.29, 1.82) is 5.26 Å². The molecule has 0 saturated carbocycles. The Hall–Kier alpha value is -2.67. The number of ether oxygens (including phenoxy) is 2. The summed E-state index contributed by atoms with van der Waals surface area (Å²) < 4.78 is 12.4. The van der Waals surface area contributed by atoms with Gasteiger partial charge in [0.05, 0.1) is 12.2 Å². The maximum absolute atomic E-state index is 10.6.